The number of rotatable bonds is 7. The van der Waals surface area contributed by atoms with Crippen molar-refractivity contribution in [2.45, 2.75) is 55.8 Å². The quantitative estimate of drug-likeness (QED) is 0.191. The van der Waals surface area contributed by atoms with Gasteiger partial charge in [-0.15, -0.1) is 0 Å². The van der Waals surface area contributed by atoms with E-state index in [1.807, 2.05) is 0 Å². The summed E-state index contributed by atoms with van der Waals surface area (Å²) >= 11 is 6.19. The number of fused-ring (bicyclic) bond motifs is 2. The number of likely N-dealkylation sites (tertiary alicyclic amines) is 1. The number of benzene rings is 3. The fraction of sp³-hybridized carbons (Fsp3) is 0.355. The van der Waals surface area contributed by atoms with Crippen molar-refractivity contribution in [3.05, 3.63) is 76.2 Å². The second-order valence-electron chi connectivity index (χ2n) is 11.5. The van der Waals surface area contributed by atoms with Crippen LogP contribution in [0.2, 0.25) is 5.02 Å². The van der Waals surface area contributed by atoms with Crippen LogP contribution in [0.15, 0.2) is 53.6 Å². The van der Waals surface area contributed by atoms with Crippen molar-refractivity contribution in [3.63, 3.8) is 0 Å². The second-order valence-corrected chi connectivity index (χ2v) is 13.6. The predicted molar refractivity (Wildman–Crippen MR) is 164 cm³/mol. The third-order valence-electron chi connectivity index (χ3n) is 8.38. The van der Waals surface area contributed by atoms with Crippen LogP contribution in [0, 0.1) is 12.7 Å². The van der Waals surface area contributed by atoms with Crippen molar-refractivity contribution in [3.8, 4) is 11.1 Å². The average molecular weight is 664 g/mol. The number of nitrogens with zero attached hydrogens (tertiary/aromatic N) is 3. The monoisotopic (exact) mass is 663 g/mol. The fourth-order valence-corrected chi connectivity index (χ4v) is 7.88. The van der Waals surface area contributed by atoms with E-state index in [-0.39, 0.29) is 27.2 Å². The predicted octanol–water partition coefficient (Wildman–Crippen LogP) is 6.62. The summed E-state index contributed by atoms with van der Waals surface area (Å²) in [6, 6.07) is 10.5. The summed E-state index contributed by atoms with van der Waals surface area (Å²) in [5.41, 5.74) is 2.83. The molecule has 4 aromatic rings. The average Bonchev–Trinajstić information content (AvgIpc) is 3.34. The number of halogens is 5. The molecule has 3 N–H and O–H groups in total. The maximum absolute atomic E-state index is 15.3. The maximum atomic E-state index is 15.3. The van der Waals surface area contributed by atoms with Crippen LogP contribution in [0.3, 0.4) is 0 Å². The van der Waals surface area contributed by atoms with Gasteiger partial charge in [0.2, 0.25) is 5.95 Å². The molecule has 1 atom stereocenters. The number of hydrogen-bond acceptors (Lipinski definition) is 7. The number of sulfonamides is 1. The highest BCUT2D eigenvalue weighted by Crippen LogP contribution is 2.39. The molecule has 45 heavy (non-hydrogen) atoms. The molecule has 14 heteroatoms. The van der Waals surface area contributed by atoms with E-state index in [1.54, 1.807) is 37.4 Å². The van der Waals surface area contributed by atoms with Crippen LogP contribution >= 0.6 is 11.6 Å². The molecule has 1 aliphatic heterocycles. The van der Waals surface area contributed by atoms with Crippen LogP contribution in [0.1, 0.15) is 42.1 Å². The van der Waals surface area contributed by atoms with Crippen LogP contribution in [0.4, 0.5) is 29.2 Å². The van der Waals surface area contributed by atoms with Crippen LogP contribution < -0.4 is 10.0 Å². The first-order valence-corrected chi connectivity index (χ1v) is 16.3. The molecule has 8 nitrogen and oxygen atoms in total. The molecule has 2 heterocycles. The SMILES string of the molecule is Cc1c(NS(=O)(=O)c2cc(Cl)cc3c2CCC3O)ccc(F)c1-c1ccc2nc(NC3CCN(CC(F)(F)F)CC3)ncc2c1. The topological polar surface area (TPSA) is 107 Å². The number of nitrogens with one attached hydrogen (secondary N) is 2. The van der Waals surface area contributed by atoms with E-state index in [2.05, 4.69) is 20.0 Å². The van der Waals surface area contributed by atoms with Crippen LogP contribution in [-0.2, 0) is 16.4 Å². The largest absolute Gasteiger partial charge is 0.401 e. The minimum Gasteiger partial charge on any atom is -0.388 e. The van der Waals surface area contributed by atoms with Gasteiger partial charge in [-0.05, 0) is 91.3 Å². The highest BCUT2D eigenvalue weighted by atomic mass is 35.5. The Labute approximate surface area is 262 Å². The minimum atomic E-state index is -4.22. The molecule has 1 fully saturated rings. The highest BCUT2D eigenvalue weighted by molar-refractivity contribution is 7.92. The van der Waals surface area contributed by atoms with Crippen molar-refractivity contribution >= 4 is 44.2 Å². The second kappa shape index (κ2) is 12.0. The number of aliphatic hydroxyl groups is 1. The molecule has 0 bridgehead atoms. The smallest absolute Gasteiger partial charge is 0.388 e. The highest BCUT2D eigenvalue weighted by Gasteiger charge is 2.33. The molecular formula is C31H30ClF4N5O3S. The molecular weight excluding hydrogens is 634 g/mol. The lowest BCUT2D eigenvalue weighted by Crippen LogP contribution is -2.43. The van der Waals surface area contributed by atoms with Crippen molar-refractivity contribution in [1.82, 2.24) is 14.9 Å². The molecule has 0 spiro atoms. The van der Waals surface area contributed by atoms with Gasteiger partial charge in [0.15, 0.2) is 0 Å². The van der Waals surface area contributed by atoms with E-state index in [0.29, 0.717) is 77.9 Å². The molecule has 1 unspecified atom stereocenters. The molecule has 0 amide bonds. The van der Waals surface area contributed by atoms with Gasteiger partial charge in [-0.2, -0.15) is 13.2 Å². The molecule has 0 radical (unpaired) electrons. The van der Waals surface area contributed by atoms with Crippen LogP contribution in [0.25, 0.3) is 22.0 Å². The summed E-state index contributed by atoms with van der Waals surface area (Å²) < 4.78 is 82.9. The first-order chi connectivity index (χ1) is 21.3. The van der Waals surface area contributed by atoms with E-state index < -0.39 is 34.7 Å². The van der Waals surface area contributed by atoms with Gasteiger partial charge in [-0.3, -0.25) is 9.62 Å². The zero-order valence-corrected chi connectivity index (χ0v) is 25.7. The molecule has 1 aromatic heterocycles. The normalized spacial score (nSPS) is 17.9. The number of aromatic nitrogens is 2. The molecule has 6 rings (SSSR count). The Morgan fingerprint density at radius 3 is 2.58 bits per heavy atom. The minimum absolute atomic E-state index is 0.0223. The van der Waals surface area contributed by atoms with Gasteiger partial charge in [0.05, 0.1) is 28.7 Å². The first kappa shape index (κ1) is 31.5. The van der Waals surface area contributed by atoms with E-state index in [9.17, 15) is 26.7 Å². The number of alkyl halides is 3. The van der Waals surface area contributed by atoms with Gasteiger partial charge < -0.3 is 10.4 Å². The first-order valence-electron chi connectivity index (χ1n) is 14.4. The van der Waals surface area contributed by atoms with Gasteiger partial charge in [0.1, 0.15) is 5.82 Å². The Morgan fingerprint density at radius 2 is 1.84 bits per heavy atom. The van der Waals surface area contributed by atoms with Crippen molar-refractivity contribution in [1.29, 1.82) is 0 Å². The summed E-state index contributed by atoms with van der Waals surface area (Å²) in [4.78, 5) is 10.3. The summed E-state index contributed by atoms with van der Waals surface area (Å²) in [6.07, 6.45) is -1.60. The van der Waals surface area contributed by atoms with Crippen molar-refractivity contribution in [2.24, 2.45) is 0 Å². The molecule has 3 aromatic carbocycles. The van der Waals surface area contributed by atoms with Crippen molar-refractivity contribution in [2.75, 3.05) is 29.7 Å². The Morgan fingerprint density at radius 1 is 1.09 bits per heavy atom. The van der Waals surface area contributed by atoms with E-state index in [0.717, 1.165) is 0 Å². The number of anilines is 2. The zero-order valence-electron chi connectivity index (χ0n) is 24.1. The third kappa shape index (κ3) is 6.71. The Kier molecular flexibility index (Phi) is 8.40. The van der Waals surface area contributed by atoms with Gasteiger partial charge in [-0.1, -0.05) is 17.7 Å². The standard InChI is InChI=1S/C31H30ClF4N5O3S/c1-17-25(40-45(43,44)28-14-20(32)13-23-22(28)3-7-27(23)42)6-4-24(33)29(17)18-2-5-26-19(12-18)15-37-30(39-26)38-21-8-10-41(11-9-21)16-31(34,35)36/h2,4-6,12-15,21,27,40,42H,3,7-11,16H2,1H3,(H,37,38,39). The lowest BCUT2D eigenvalue weighted by Gasteiger charge is -2.32. The number of aliphatic hydroxyl groups excluding tert-OH is 1. The van der Waals surface area contributed by atoms with Gasteiger partial charge in [0, 0.05) is 41.3 Å². The maximum Gasteiger partial charge on any atom is 0.401 e. The summed E-state index contributed by atoms with van der Waals surface area (Å²) in [5.74, 6) is -0.194. The zero-order chi connectivity index (χ0) is 32.1. The lowest BCUT2D eigenvalue weighted by atomic mass is 9.97. The summed E-state index contributed by atoms with van der Waals surface area (Å²) in [6.45, 7) is 1.34. The third-order valence-corrected chi connectivity index (χ3v) is 10.0. The molecule has 1 saturated heterocycles. The van der Waals surface area contributed by atoms with E-state index in [4.69, 9.17) is 11.6 Å². The Bertz CT molecular complexity index is 1880. The van der Waals surface area contributed by atoms with Crippen LogP contribution in [0.5, 0.6) is 0 Å². The Hall–Kier alpha value is -3.52. The number of piperidine rings is 1. The molecule has 2 aliphatic rings. The van der Waals surface area contributed by atoms with E-state index in [1.165, 1.54) is 23.1 Å². The summed E-state index contributed by atoms with van der Waals surface area (Å²) in [5, 5.41) is 14.3. The Balaban J connectivity index is 1.22. The van der Waals surface area contributed by atoms with Gasteiger partial charge >= 0.3 is 6.18 Å². The summed E-state index contributed by atoms with van der Waals surface area (Å²) in [7, 11) is -4.13. The molecule has 0 saturated carbocycles. The van der Waals surface area contributed by atoms with E-state index >= 15 is 4.39 Å². The fourth-order valence-electron chi connectivity index (χ4n) is 6.15. The number of hydrogen-bond donors (Lipinski definition) is 3. The lowest BCUT2D eigenvalue weighted by molar-refractivity contribution is -0.147. The molecule has 1 aliphatic carbocycles. The van der Waals surface area contributed by atoms with Crippen molar-refractivity contribution < 1.29 is 31.1 Å². The van der Waals surface area contributed by atoms with Crippen LogP contribution in [-0.4, -0.2) is 60.2 Å². The van der Waals surface area contributed by atoms with Gasteiger partial charge in [0.25, 0.3) is 10.0 Å². The molecule has 238 valence electrons. The van der Waals surface area contributed by atoms with Gasteiger partial charge in [-0.25, -0.2) is 22.8 Å².